The third-order valence-corrected chi connectivity index (χ3v) is 13.0. The van der Waals surface area contributed by atoms with Crippen LogP contribution >= 0.6 is 0 Å². The molecule has 6 rings (SSSR count). The van der Waals surface area contributed by atoms with E-state index in [1.54, 1.807) is 36.4 Å². The van der Waals surface area contributed by atoms with Crippen molar-refractivity contribution >= 4 is 23.0 Å². The number of benzene rings is 2. The van der Waals surface area contributed by atoms with E-state index >= 15 is 0 Å². The molecule has 4 aliphatic rings. The van der Waals surface area contributed by atoms with Crippen LogP contribution in [0.5, 0.6) is 0 Å². The molecule has 0 aliphatic heterocycles. The van der Waals surface area contributed by atoms with Crippen LogP contribution in [0.1, 0.15) is 116 Å². The molecule has 3 saturated carbocycles. The Morgan fingerprint density at radius 2 is 1.60 bits per heavy atom. The summed E-state index contributed by atoms with van der Waals surface area (Å²) in [5.41, 5.74) is 3.88. The maximum absolute atomic E-state index is 13.2. The highest BCUT2D eigenvalue weighted by atomic mass is 16.6. The van der Waals surface area contributed by atoms with E-state index in [0.717, 1.165) is 54.8 Å². The first-order valence-electron chi connectivity index (χ1n) is 18.1. The van der Waals surface area contributed by atoms with Crippen LogP contribution in [0, 0.1) is 56.5 Å². The number of carbonyl (C=O) groups excluding carboxylic acids is 1. The summed E-state index contributed by atoms with van der Waals surface area (Å²) in [5.74, 6) is 4.62. The van der Waals surface area contributed by atoms with Gasteiger partial charge in [0.15, 0.2) is 0 Å². The quantitative estimate of drug-likeness (QED) is 0.0849. The SMILES string of the molecule is CC(C)CCC[C@@H](C)[C@H]1CC[C@H]2[C@@H]3CC=C4C[C@@H](OC(=O)c5ccc(N=Nc6ccc([N+](=O)[O-])cc6)cc5)CC[C@]4(C)[C@H]3CC[C@]12C. The largest absolute Gasteiger partial charge is 0.458 e. The zero-order valence-corrected chi connectivity index (χ0v) is 29.0. The third kappa shape index (κ3) is 6.82. The van der Waals surface area contributed by atoms with Crippen molar-refractivity contribution in [2.24, 2.45) is 56.6 Å². The van der Waals surface area contributed by atoms with Crippen LogP contribution in [0.4, 0.5) is 17.1 Å². The average molecular weight is 640 g/mol. The van der Waals surface area contributed by atoms with E-state index in [9.17, 15) is 14.9 Å². The zero-order valence-electron chi connectivity index (χ0n) is 29.0. The lowest BCUT2D eigenvalue weighted by molar-refractivity contribution is -0.384. The van der Waals surface area contributed by atoms with Crippen LogP contribution in [-0.4, -0.2) is 17.0 Å². The molecule has 252 valence electrons. The monoisotopic (exact) mass is 639 g/mol. The van der Waals surface area contributed by atoms with E-state index < -0.39 is 4.92 Å². The Kier molecular flexibility index (Phi) is 9.74. The number of rotatable bonds is 10. The molecule has 0 aromatic heterocycles. The van der Waals surface area contributed by atoms with Gasteiger partial charge >= 0.3 is 5.97 Å². The highest BCUT2D eigenvalue weighted by Gasteiger charge is 2.59. The molecule has 8 atom stereocenters. The van der Waals surface area contributed by atoms with E-state index in [1.807, 2.05) is 0 Å². The molecule has 3 fully saturated rings. The maximum Gasteiger partial charge on any atom is 0.338 e. The number of nitro groups is 1. The molecular weight excluding hydrogens is 586 g/mol. The van der Waals surface area contributed by atoms with E-state index in [-0.39, 0.29) is 23.2 Å². The van der Waals surface area contributed by atoms with Gasteiger partial charge in [-0.05, 0) is 128 Å². The molecule has 47 heavy (non-hydrogen) atoms. The van der Waals surface area contributed by atoms with Crippen LogP contribution in [0.2, 0.25) is 0 Å². The van der Waals surface area contributed by atoms with Crippen LogP contribution in [-0.2, 0) is 4.74 Å². The van der Waals surface area contributed by atoms with E-state index in [0.29, 0.717) is 22.4 Å². The molecule has 4 aliphatic carbocycles. The van der Waals surface area contributed by atoms with Crippen molar-refractivity contribution in [2.75, 3.05) is 0 Å². The fourth-order valence-electron chi connectivity index (χ4n) is 10.4. The van der Waals surface area contributed by atoms with Gasteiger partial charge in [-0.25, -0.2) is 4.79 Å². The Bertz CT molecular complexity index is 1500. The summed E-state index contributed by atoms with van der Waals surface area (Å²) in [6.07, 6.45) is 16.2. The molecule has 0 amide bonds. The van der Waals surface area contributed by atoms with E-state index in [1.165, 1.54) is 69.1 Å². The summed E-state index contributed by atoms with van der Waals surface area (Å²) in [7, 11) is 0. The fourth-order valence-corrected chi connectivity index (χ4v) is 10.4. The molecule has 2 aromatic rings. The van der Waals surface area contributed by atoms with Gasteiger partial charge in [-0.15, -0.1) is 0 Å². The lowest BCUT2D eigenvalue weighted by Crippen LogP contribution is -2.51. The standard InChI is InChI=1S/C40H53N3O4/c1-26(2)7-6-8-27(3)35-19-20-36-34-18-11-29-25-33(21-23-39(29,4)37(34)22-24-40(35,36)5)47-38(44)28-9-12-30(13-10-28)41-42-31-14-16-32(17-15-31)43(45)46/h9-17,26-27,33-37H,6-8,18-25H2,1-5H3/t27-,33+,34+,35-,36+,37+,39+,40-/m1/s1. The Morgan fingerprint density at radius 3 is 2.26 bits per heavy atom. The smallest absolute Gasteiger partial charge is 0.338 e. The maximum atomic E-state index is 13.2. The second-order valence-electron chi connectivity index (χ2n) is 16.1. The van der Waals surface area contributed by atoms with Gasteiger partial charge in [-0.2, -0.15) is 10.2 Å². The Labute approximate surface area is 280 Å². The van der Waals surface area contributed by atoms with Crippen molar-refractivity contribution in [1.29, 1.82) is 0 Å². The summed E-state index contributed by atoms with van der Waals surface area (Å²) < 4.78 is 6.09. The highest BCUT2D eigenvalue weighted by Crippen LogP contribution is 2.67. The minimum absolute atomic E-state index is 0.00921. The van der Waals surface area contributed by atoms with Crippen molar-refractivity contribution in [3.63, 3.8) is 0 Å². The number of esters is 1. The van der Waals surface area contributed by atoms with Gasteiger partial charge in [0, 0.05) is 18.6 Å². The van der Waals surface area contributed by atoms with Gasteiger partial charge < -0.3 is 4.74 Å². The topological polar surface area (TPSA) is 94.2 Å². The minimum atomic E-state index is -0.446. The van der Waals surface area contributed by atoms with Gasteiger partial charge in [0.25, 0.3) is 5.69 Å². The van der Waals surface area contributed by atoms with Gasteiger partial charge in [-0.1, -0.05) is 65.5 Å². The van der Waals surface area contributed by atoms with Crippen LogP contribution < -0.4 is 0 Å². The first-order valence-corrected chi connectivity index (χ1v) is 18.1. The Balaban J connectivity index is 1.05. The number of nitro benzene ring substituents is 1. The zero-order chi connectivity index (χ0) is 33.3. The molecule has 2 aromatic carbocycles. The highest BCUT2D eigenvalue weighted by molar-refractivity contribution is 5.89. The van der Waals surface area contributed by atoms with Crippen molar-refractivity contribution in [1.82, 2.24) is 0 Å². The number of hydrogen-bond donors (Lipinski definition) is 0. The summed E-state index contributed by atoms with van der Waals surface area (Å²) in [6, 6.07) is 12.8. The first-order chi connectivity index (χ1) is 22.5. The second-order valence-corrected chi connectivity index (χ2v) is 16.1. The van der Waals surface area contributed by atoms with Gasteiger partial charge in [0.2, 0.25) is 0 Å². The molecule has 0 heterocycles. The number of allylic oxidation sites excluding steroid dienone is 1. The first kappa shape index (κ1) is 33.5. The fraction of sp³-hybridized carbons (Fsp3) is 0.625. The molecule has 0 spiro atoms. The molecule has 0 bridgehead atoms. The van der Waals surface area contributed by atoms with E-state index in [2.05, 4.69) is 50.9 Å². The number of ether oxygens (including phenoxy) is 1. The van der Waals surface area contributed by atoms with Crippen molar-refractivity contribution in [2.45, 2.75) is 111 Å². The summed E-state index contributed by atoms with van der Waals surface area (Å²) in [4.78, 5) is 23.6. The number of azo groups is 1. The normalized spacial score (nSPS) is 32.3. The molecule has 0 saturated heterocycles. The lowest BCUT2D eigenvalue weighted by Gasteiger charge is -2.58. The summed E-state index contributed by atoms with van der Waals surface area (Å²) >= 11 is 0. The van der Waals surface area contributed by atoms with Crippen molar-refractivity contribution in [3.8, 4) is 0 Å². The number of nitrogens with zero attached hydrogens (tertiary/aromatic N) is 3. The van der Waals surface area contributed by atoms with E-state index in [4.69, 9.17) is 4.74 Å². The Hall–Kier alpha value is -3.35. The minimum Gasteiger partial charge on any atom is -0.458 e. The van der Waals surface area contributed by atoms with Crippen LogP contribution in [0.3, 0.4) is 0 Å². The van der Waals surface area contributed by atoms with Crippen LogP contribution in [0.15, 0.2) is 70.4 Å². The molecular formula is C40H53N3O4. The molecule has 0 radical (unpaired) electrons. The number of carbonyl (C=O) groups is 1. The van der Waals surface area contributed by atoms with Gasteiger partial charge in [0.1, 0.15) is 6.10 Å². The summed E-state index contributed by atoms with van der Waals surface area (Å²) in [6.45, 7) is 12.4. The predicted molar refractivity (Wildman–Crippen MR) is 186 cm³/mol. The average Bonchev–Trinajstić information content (AvgIpc) is 3.41. The second kappa shape index (κ2) is 13.6. The van der Waals surface area contributed by atoms with Crippen molar-refractivity contribution < 1.29 is 14.5 Å². The number of hydrogen-bond acceptors (Lipinski definition) is 6. The lowest BCUT2D eigenvalue weighted by atomic mass is 9.47. The number of non-ortho nitro benzene ring substituents is 1. The summed E-state index contributed by atoms with van der Waals surface area (Å²) in [5, 5.41) is 19.2. The molecule has 7 heteroatoms. The molecule has 0 unspecified atom stereocenters. The molecule has 7 nitrogen and oxygen atoms in total. The van der Waals surface area contributed by atoms with Gasteiger partial charge in [-0.3, -0.25) is 10.1 Å². The number of fused-ring (bicyclic) bond motifs is 5. The molecule has 0 N–H and O–H groups in total. The van der Waals surface area contributed by atoms with Crippen molar-refractivity contribution in [3.05, 3.63) is 75.9 Å². The van der Waals surface area contributed by atoms with Crippen LogP contribution in [0.25, 0.3) is 0 Å². The van der Waals surface area contributed by atoms with Gasteiger partial charge in [0.05, 0.1) is 21.9 Å². The third-order valence-electron chi connectivity index (χ3n) is 13.0. The Morgan fingerprint density at radius 1 is 0.915 bits per heavy atom. The predicted octanol–water partition coefficient (Wildman–Crippen LogP) is 11.6.